The van der Waals surface area contributed by atoms with Gasteiger partial charge in [0.1, 0.15) is 11.1 Å². The Labute approximate surface area is 185 Å². The average Bonchev–Trinajstić information content (AvgIpc) is 2.74. The normalized spacial score (nSPS) is 13.0. The van der Waals surface area contributed by atoms with Gasteiger partial charge in [0.25, 0.3) is 0 Å². The zero-order chi connectivity index (χ0) is 20.4. The number of pyridine rings is 1. The van der Waals surface area contributed by atoms with Crippen LogP contribution in [0.15, 0.2) is 47.5 Å². The van der Waals surface area contributed by atoms with Crippen LogP contribution in [0.2, 0.25) is 10.0 Å². The van der Waals surface area contributed by atoms with Crippen molar-refractivity contribution in [3.05, 3.63) is 80.5 Å². The fourth-order valence-corrected chi connectivity index (χ4v) is 5.02. The first-order valence-electron chi connectivity index (χ1n) is 9.66. The van der Waals surface area contributed by atoms with Crippen LogP contribution in [0.3, 0.4) is 0 Å². The smallest absolute Gasteiger partial charge is 0.115 e. The van der Waals surface area contributed by atoms with Gasteiger partial charge in [-0.25, -0.2) is 4.98 Å². The summed E-state index contributed by atoms with van der Waals surface area (Å²) in [5, 5.41) is 11.9. The lowest BCUT2D eigenvalue weighted by Crippen LogP contribution is -2.10. The van der Waals surface area contributed by atoms with Crippen molar-refractivity contribution in [3.63, 3.8) is 0 Å². The fraction of sp³-hybridized carbons (Fsp3) is 0.250. The highest BCUT2D eigenvalue weighted by Gasteiger charge is 2.23. The number of fused-ring (bicyclic) bond motifs is 1. The van der Waals surface area contributed by atoms with Gasteiger partial charge in [-0.05, 0) is 61.4 Å². The Morgan fingerprint density at radius 1 is 1.03 bits per heavy atom. The highest BCUT2D eigenvalue weighted by atomic mass is 35.5. The first-order valence-corrected chi connectivity index (χ1v) is 11.4. The predicted octanol–water partition coefficient (Wildman–Crippen LogP) is 7.41. The number of hydrogen-bond acceptors (Lipinski definition) is 3. The van der Waals surface area contributed by atoms with Crippen molar-refractivity contribution in [2.24, 2.45) is 0 Å². The largest absolute Gasteiger partial charge is 0.245 e. The molecule has 29 heavy (non-hydrogen) atoms. The van der Waals surface area contributed by atoms with Crippen LogP contribution in [0.4, 0.5) is 0 Å². The number of rotatable bonds is 4. The molecule has 0 fully saturated rings. The Balaban J connectivity index is 1.77. The molecule has 0 N–H and O–H groups in total. The van der Waals surface area contributed by atoms with Crippen molar-refractivity contribution in [3.8, 4) is 17.2 Å². The summed E-state index contributed by atoms with van der Waals surface area (Å²) >= 11 is 13.8. The fourth-order valence-electron chi connectivity index (χ4n) is 3.75. The number of benzene rings is 2. The van der Waals surface area contributed by atoms with E-state index in [0.717, 1.165) is 53.1 Å². The van der Waals surface area contributed by atoms with Gasteiger partial charge < -0.3 is 0 Å². The van der Waals surface area contributed by atoms with Gasteiger partial charge in [0.05, 0.1) is 15.6 Å². The highest BCUT2D eigenvalue weighted by molar-refractivity contribution is 7.98. The average molecular weight is 439 g/mol. The summed E-state index contributed by atoms with van der Waals surface area (Å²) in [5.74, 6) is 0.685. The predicted molar refractivity (Wildman–Crippen MR) is 122 cm³/mol. The molecular formula is C24H20Cl2N2S. The minimum atomic E-state index is 0.545. The Morgan fingerprint density at radius 2 is 1.79 bits per heavy atom. The molecule has 4 rings (SSSR count). The summed E-state index contributed by atoms with van der Waals surface area (Å²) in [7, 11) is 0. The zero-order valence-electron chi connectivity index (χ0n) is 16.1. The lowest BCUT2D eigenvalue weighted by atomic mass is 9.87. The molecule has 3 aromatic rings. The number of aryl methyl sites for hydroxylation is 2. The minimum absolute atomic E-state index is 0.545. The summed E-state index contributed by atoms with van der Waals surface area (Å²) in [6.45, 7) is 2.08. The molecule has 0 aliphatic heterocycles. The molecular weight excluding hydrogens is 419 g/mol. The van der Waals surface area contributed by atoms with E-state index in [9.17, 15) is 5.26 Å². The molecule has 146 valence electrons. The molecule has 2 nitrogen and oxygen atoms in total. The van der Waals surface area contributed by atoms with Crippen LogP contribution in [-0.2, 0) is 18.6 Å². The van der Waals surface area contributed by atoms with Crippen molar-refractivity contribution in [2.75, 3.05) is 0 Å². The number of thioether (sulfide) groups is 1. The maximum atomic E-state index is 10.1. The number of halogens is 2. The lowest BCUT2D eigenvalue weighted by Gasteiger charge is -2.22. The molecule has 5 heteroatoms. The van der Waals surface area contributed by atoms with Crippen LogP contribution >= 0.6 is 35.0 Å². The van der Waals surface area contributed by atoms with Crippen LogP contribution < -0.4 is 0 Å². The topological polar surface area (TPSA) is 36.7 Å². The molecule has 0 radical (unpaired) electrons. The Kier molecular flexibility index (Phi) is 6.15. The third-order valence-electron chi connectivity index (χ3n) is 5.25. The van der Waals surface area contributed by atoms with Gasteiger partial charge in [-0.2, -0.15) is 5.26 Å². The van der Waals surface area contributed by atoms with Crippen LogP contribution in [0.5, 0.6) is 0 Å². The Morgan fingerprint density at radius 3 is 2.52 bits per heavy atom. The molecule has 0 saturated heterocycles. The third-order valence-corrected chi connectivity index (χ3v) is 7.04. The molecule has 0 saturated carbocycles. The monoisotopic (exact) mass is 438 g/mol. The standard InChI is InChI=1S/C24H20Cl2N2S/c1-15-6-9-17(10-7-15)23-18-4-2-3-5-22(18)28-24(19(23)13-27)29-14-16-8-11-20(25)21(26)12-16/h6-12H,2-5,14H2,1H3. The van der Waals surface area contributed by atoms with Crippen LogP contribution in [0.25, 0.3) is 11.1 Å². The van der Waals surface area contributed by atoms with Crippen LogP contribution in [-0.4, -0.2) is 4.98 Å². The summed E-state index contributed by atoms with van der Waals surface area (Å²) in [6, 6.07) is 16.6. The Hall–Kier alpha value is -1.99. The van der Waals surface area contributed by atoms with E-state index in [-0.39, 0.29) is 0 Å². The quantitative estimate of drug-likeness (QED) is 0.397. The van der Waals surface area contributed by atoms with E-state index in [1.807, 2.05) is 18.2 Å². The zero-order valence-corrected chi connectivity index (χ0v) is 18.5. The molecule has 1 aliphatic carbocycles. The molecule has 2 aromatic carbocycles. The van der Waals surface area contributed by atoms with Gasteiger partial charge in [-0.15, -0.1) is 11.8 Å². The lowest BCUT2D eigenvalue weighted by molar-refractivity contribution is 0.661. The maximum Gasteiger partial charge on any atom is 0.115 e. The first-order chi connectivity index (χ1) is 14.1. The Bertz CT molecular complexity index is 1100. The third kappa shape index (κ3) is 4.31. The van der Waals surface area contributed by atoms with E-state index >= 15 is 0 Å². The van der Waals surface area contributed by atoms with Gasteiger partial charge in [0.15, 0.2) is 0 Å². The number of aromatic nitrogens is 1. The minimum Gasteiger partial charge on any atom is -0.245 e. The van der Waals surface area contributed by atoms with Crippen molar-refractivity contribution < 1.29 is 0 Å². The molecule has 0 atom stereocenters. The molecule has 1 aliphatic rings. The van der Waals surface area contributed by atoms with E-state index in [1.54, 1.807) is 11.8 Å². The highest BCUT2D eigenvalue weighted by Crippen LogP contribution is 2.39. The summed E-state index contributed by atoms with van der Waals surface area (Å²) in [4.78, 5) is 4.92. The van der Waals surface area contributed by atoms with Crippen LogP contribution in [0.1, 0.15) is 40.8 Å². The molecule has 1 heterocycles. The van der Waals surface area contributed by atoms with Crippen molar-refractivity contribution in [1.29, 1.82) is 5.26 Å². The van der Waals surface area contributed by atoms with Crippen LogP contribution in [0, 0.1) is 18.3 Å². The van der Waals surface area contributed by atoms with E-state index in [1.165, 1.54) is 11.1 Å². The maximum absolute atomic E-state index is 10.1. The van der Waals surface area contributed by atoms with E-state index < -0.39 is 0 Å². The SMILES string of the molecule is Cc1ccc(-c2c(C#N)c(SCc3ccc(Cl)c(Cl)c3)nc3c2CCCC3)cc1. The first kappa shape index (κ1) is 20.3. The van der Waals surface area contributed by atoms with E-state index in [2.05, 4.69) is 37.3 Å². The molecule has 0 bridgehead atoms. The second-order valence-corrected chi connectivity index (χ2v) is 9.09. The second kappa shape index (κ2) is 8.79. The number of hydrogen-bond donors (Lipinski definition) is 0. The van der Waals surface area contributed by atoms with Gasteiger partial charge >= 0.3 is 0 Å². The second-order valence-electron chi connectivity index (χ2n) is 7.31. The summed E-state index contributed by atoms with van der Waals surface area (Å²) in [6.07, 6.45) is 4.25. The van der Waals surface area contributed by atoms with Crippen molar-refractivity contribution >= 4 is 35.0 Å². The van der Waals surface area contributed by atoms with E-state index in [0.29, 0.717) is 21.4 Å². The van der Waals surface area contributed by atoms with Gasteiger partial charge in [0.2, 0.25) is 0 Å². The molecule has 1 aromatic heterocycles. The van der Waals surface area contributed by atoms with Crippen molar-refractivity contribution in [1.82, 2.24) is 4.98 Å². The number of nitrogens with zero attached hydrogens (tertiary/aromatic N) is 2. The van der Waals surface area contributed by atoms with Gasteiger partial charge in [-0.1, -0.05) is 59.1 Å². The molecule has 0 spiro atoms. The van der Waals surface area contributed by atoms with Crippen molar-refractivity contribution in [2.45, 2.75) is 43.4 Å². The summed E-state index contributed by atoms with van der Waals surface area (Å²) in [5.41, 5.74) is 7.50. The summed E-state index contributed by atoms with van der Waals surface area (Å²) < 4.78 is 0. The number of nitriles is 1. The van der Waals surface area contributed by atoms with Gasteiger partial charge in [0, 0.05) is 17.0 Å². The molecule has 0 amide bonds. The molecule has 0 unspecified atom stereocenters. The van der Waals surface area contributed by atoms with E-state index in [4.69, 9.17) is 28.2 Å². The van der Waals surface area contributed by atoms with Gasteiger partial charge in [-0.3, -0.25) is 0 Å².